The summed E-state index contributed by atoms with van der Waals surface area (Å²) >= 11 is 0. The van der Waals surface area contributed by atoms with Crippen LogP contribution in [0.1, 0.15) is 33.1 Å². The van der Waals surface area contributed by atoms with E-state index in [1.54, 1.807) is 0 Å². The van der Waals surface area contributed by atoms with Gasteiger partial charge in [0.1, 0.15) is 0 Å². The molecule has 0 fully saturated rings. The average Bonchev–Trinajstić information content (AvgIpc) is 2.49. The van der Waals surface area contributed by atoms with Gasteiger partial charge in [-0.2, -0.15) is 0 Å². The molecule has 0 bridgehead atoms. The fourth-order valence-corrected chi connectivity index (χ4v) is 2.16. The van der Waals surface area contributed by atoms with Gasteiger partial charge >= 0.3 is 0 Å². The van der Waals surface area contributed by atoms with E-state index in [-0.39, 0.29) is 11.9 Å². The summed E-state index contributed by atoms with van der Waals surface area (Å²) in [5, 5.41) is 3.08. The van der Waals surface area contributed by atoms with E-state index in [0.717, 1.165) is 31.5 Å². The van der Waals surface area contributed by atoms with Gasteiger partial charge in [0, 0.05) is 18.3 Å². The third-order valence-electron chi connectivity index (χ3n) is 3.44. The van der Waals surface area contributed by atoms with Crippen molar-refractivity contribution in [1.82, 2.24) is 5.32 Å². The quantitative estimate of drug-likeness (QED) is 0.727. The molecule has 1 amide bonds. The van der Waals surface area contributed by atoms with Crippen molar-refractivity contribution in [2.75, 3.05) is 24.5 Å². The number of benzene rings is 1. The monoisotopic (exact) mass is 277 g/mol. The van der Waals surface area contributed by atoms with Gasteiger partial charge in [0.05, 0.1) is 6.54 Å². The summed E-state index contributed by atoms with van der Waals surface area (Å²) in [6, 6.07) is 10.3. The number of carbonyl (C=O) groups is 1. The predicted molar refractivity (Wildman–Crippen MR) is 84.8 cm³/mol. The molecule has 1 aromatic carbocycles. The minimum absolute atomic E-state index is 0.0829. The molecule has 0 spiro atoms. The number of hydrogen-bond donors (Lipinski definition) is 2. The molecule has 20 heavy (non-hydrogen) atoms. The Hall–Kier alpha value is -1.55. The maximum absolute atomic E-state index is 12.1. The van der Waals surface area contributed by atoms with Gasteiger partial charge in [0.15, 0.2) is 0 Å². The van der Waals surface area contributed by atoms with E-state index in [9.17, 15) is 4.79 Å². The Morgan fingerprint density at radius 3 is 2.45 bits per heavy atom. The second-order valence-electron chi connectivity index (χ2n) is 4.98. The molecule has 0 aromatic heterocycles. The normalized spacial score (nSPS) is 10.6. The van der Waals surface area contributed by atoms with Crippen molar-refractivity contribution in [3.63, 3.8) is 0 Å². The minimum Gasteiger partial charge on any atom is -0.362 e. The number of anilines is 1. The average molecular weight is 277 g/mol. The first-order chi connectivity index (χ1) is 9.71. The van der Waals surface area contributed by atoms with Crippen LogP contribution in [-0.2, 0) is 4.79 Å². The first-order valence-corrected chi connectivity index (χ1v) is 7.50. The minimum atomic E-state index is 0.0829. The Kier molecular flexibility index (Phi) is 7.73. The molecule has 1 rings (SSSR count). The fourth-order valence-electron chi connectivity index (χ4n) is 2.16. The van der Waals surface area contributed by atoms with Crippen LogP contribution in [0.5, 0.6) is 0 Å². The molecular formula is C16H27N3O. The zero-order chi connectivity index (χ0) is 14.8. The van der Waals surface area contributed by atoms with Crippen molar-refractivity contribution in [2.24, 2.45) is 5.73 Å². The molecule has 0 radical (unpaired) electrons. The van der Waals surface area contributed by atoms with Crippen LogP contribution in [0.2, 0.25) is 0 Å². The molecule has 4 heteroatoms. The molecular weight excluding hydrogens is 250 g/mol. The van der Waals surface area contributed by atoms with E-state index in [1.807, 2.05) is 30.3 Å². The Labute approximate surface area is 122 Å². The van der Waals surface area contributed by atoms with Gasteiger partial charge in [0.25, 0.3) is 0 Å². The summed E-state index contributed by atoms with van der Waals surface area (Å²) in [5.74, 6) is 0.0829. The van der Waals surface area contributed by atoms with Gasteiger partial charge in [-0.15, -0.1) is 0 Å². The lowest BCUT2D eigenvalue weighted by Crippen LogP contribution is -2.42. The number of nitrogens with zero attached hydrogens (tertiary/aromatic N) is 1. The molecule has 4 nitrogen and oxygen atoms in total. The maximum Gasteiger partial charge on any atom is 0.239 e. The van der Waals surface area contributed by atoms with E-state index in [1.165, 1.54) is 0 Å². The number of rotatable bonds is 9. The standard InChI is InChI=1S/C16H27N3O/c1-3-14(4-2)18-16(20)13-19(12-8-11-17)15-9-6-5-7-10-15/h5-7,9-10,14H,3-4,8,11-13,17H2,1-2H3,(H,18,20). The predicted octanol–water partition coefficient (Wildman–Crippen LogP) is 2.15. The van der Waals surface area contributed by atoms with Crippen molar-refractivity contribution < 1.29 is 4.79 Å². The maximum atomic E-state index is 12.1. The van der Waals surface area contributed by atoms with Gasteiger partial charge < -0.3 is 16.0 Å². The lowest BCUT2D eigenvalue weighted by Gasteiger charge is -2.25. The molecule has 0 aliphatic heterocycles. The molecule has 112 valence electrons. The van der Waals surface area contributed by atoms with Crippen molar-refractivity contribution in [2.45, 2.75) is 39.2 Å². The lowest BCUT2D eigenvalue weighted by atomic mass is 10.2. The highest BCUT2D eigenvalue weighted by atomic mass is 16.2. The number of para-hydroxylation sites is 1. The number of amides is 1. The zero-order valence-electron chi connectivity index (χ0n) is 12.6. The van der Waals surface area contributed by atoms with Gasteiger partial charge in [-0.25, -0.2) is 0 Å². The Bertz CT molecular complexity index is 377. The molecule has 0 aliphatic rings. The molecule has 0 heterocycles. The molecule has 0 atom stereocenters. The van der Waals surface area contributed by atoms with Crippen molar-refractivity contribution in [1.29, 1.82) is 0 Å². The topological polar surface area (TPSA) is 58.4 Å². The first kappa shape index (κ1) is 16.5. The van der Waals surface area contributed by atoms with Crippen LogP contribution in [0.25, 0.3) is 0 Å². The SMILES string of the molecule is CCC(CC)NC(=O)CN(CCCN)c1ccccc1. The summed E-state index contributed by atoms with van der Waals surface area (Å²) in [6.45, 7) is 6.02. The number of nitrogens with one attached hydrogen (secondary N) is 1. The molecule has 0 saturated heterocycles. The van der Waals surface area contributed by atoms with Crippen LogP contribution in [-0.4, -0.2) is 31.6 Å². The van der Waals surface area contributed by atoms with E-state index >= 15 is 0 Å². The third-order valence-corrected chi connectivity index (χ3v) is 3.44. The van der Waals surface area contributed by atoms with Crippen LogP contribution >= 0.6 is 0 Å². The summed E-state index contributed by atoms with van der Waals surface area (Å²) in [6.07, 6.45) is 2.82. The fraction of sp³-hybridized carbons (Fsp3) is 0.562. The summed E-state index contributed by atoms with van der Waals surface area (Å²) in [5.41, 5.74) is 6.65. The summed E-state index contributed by atoms with van der Waals surface area (Å²) in [4.78, 5) is 14.2. The van der Waals surface area contributed by atoms with Gasteiger partial charge in [-0.05, 0) is 37.9 Å². The van der Waals surface area contributed by atoms with Crippen LogP contribution in [0.15, 0.2) is 30.3 Å². The molecule has 0 aliphatic carbocycles. The molecule has 0 unspecified atom stereocenters. The van der Waals surface area contributed by atoms with E-state index < -0.39 is 0 Å². The van der Waals surface area contributed by atoms with Crippen molar-refractivity contribution in [3.8, 4) is 0 Å². The third kappa shape index (κ3) is 5.61. The summed E-state index contributed by atoms with van der Waals surface area (Å²) in [7, 11) is 0. The zero-order valence-corrected chi connectivity index (χ0v) is 12.6. The largest absolute Gasteiger partial charge is 0.362 e. The highest BCUT2D eigenvalue weighted by molar-refractivity contribution is 5.81. The van der Waals surface area contributed by atoms with Gasteiger partial charge in [0.2, 0.25) is 5.91 Å². The van der Waals surface area contributed by atoms with Crippen LogP contribution in [0.4, 0.5) is 5.69 Å². The second-order valence-corrected chi connectivity index (χ2v) is 4.98. The van der Waals surface area contributed by atoms with Crippen molar-refractivity contribution >= 4 is 11.6 Å². The molecule has 0 saturated carbocycles. The van der Waals surface area contributed by atoms with Gasteiger partial charge in [-0.1, -0.05) is 32.0 Å². The van der Waals surface area contributed by atoms with Gasteiger partial charge in [-0.3, -0.25) is 4.79 Å². The number of nitrogens with two attached hydrogens (primary N) is 1. The second kappa shape index (κ2) is 9.37. The van der Waals surface area contributed by atoms with E-state index in [2.05, 4.69) is 24.1 Å². The van der Waals surface area contributed by atoms with E-state index in [4.69, 9.17) is 5.73 Å². The Balaban J connectivity index is 2.63. The Morgan fingerprint density at radius 2 is 1.90 bits per heavy atom. The highest BCUT2D eigenvalue weighted by Gasteiger charge is 2.13. The van der Waals surface area contributed by atoms with Crippen molar-refractivity contribution in [3.05, 3.63) is 30.3 Å². The van der Waals surface area contributed by atoms with E-state index in [0.29, 0.717) is 13.1 Å². The highest BCUT2D eigenvalue weighted by Crippen LogP contribution is 2.13. The number of hydrogen-bond acceptors (Lipinski definition) is 3. The lowest BCUT2D eigenvalue weighted by molar-refractivity contribution is -0.120. The van der Waals surface area contributed by atoms with Crippen LogP contribution in [0, 0.1) is 0 Å². The number of carbonyl (C=O) groups excluding carboxylic acids is 1. The smallest absolute Gasteiger partial charge is 0.239 e. The van der Waals surface area contributed by atoms with Crippen LogP contribution < -0.4 is 16.0 Å². The Morgan fingerprint density at radius 1 is 1.25 bits per heavy atom. The first-order valence-electron chi connectivity index (χ1n) is 7.50. The molecule has 1 aromatic rings. The van der Waals surface area contributed by atoms with Crippen LogP contribution in [0.3, 0.4) is 0 Å². The molecule has 3 N–H and O–H groups in total. The summed E-state index contributed by atoms with van der Waals surface area (Å²) < 4.78 is 0.